The fourth-order valence-corrected chi connectivity index (χ4v) is 1.77. The Morgan fingerprint density at radius 2 is 1.77 bits per heavy atom. The molecule has 1 nitrogen and oxygen atoms in total. The summed E-state index contributed by atoms with van der Waals surface area (Å²) in [4.78, 5) is 0. The van der Waals surface area contributed by atoms with Crippen LogP contribution in [0.25, 0.3) is 10.8 Å². The molecule has 2 N–H and O–H groups in total. The highest BCUT2D eigenvalue weighted by Crippen LogP contribution is 2.31. The van der Waals surface area contributed by atoms with Gasteiger partial charge in [-0.1, -0.05) is 35.9 Å². The molecule has 0 unspecified atom stereocenters. The standard InChI is InChI=1S/C11H10ClN/c1-7-6-10(13)11(12)9-5-3-2-4-8(7)9/h2-6H,13H2,1H3. The van der Waals surface area contributed by atoms with E-state index in [-0.39, 0.29) is 0 Å². The molecule has 13 heavy (non-hydrogen) atoms. The molecule has 2 aromatic carbocycles. The van der Waals surface area contributed by atoms with Crippen molar-refractivity contribution in [3.05, 3.63) is 40.9 Å². The predicted molar refractivity (Wildman–Crippen MR) is 58.1 cm³/mol. The molecule has 0 atom stereocenters. The number of aryl methyl sites for hydroxylation is 1. The molecule has 0 radical (unpaired) electrons. The SMILES string of the molecule is Cc1cc(N)c(Cl)c2ccccc12. The summed E-state index contributed by atoms with van der Waals surface area (Å²) in [7, 11) is 0. The highest BCUT2D eigenvalue weighted by atomic mass is 35.5. The van der Waals surface area contributed by atoms with Crippen molar-refractivity contribution < 1.29 is 0 Å². The molecule has 2 aromatic rings. The first-order valence-electron chi connectivity index (χ1n) is 4.13. The number of benzene rings is 2. The van der Waals surface area contributed by atoms with E-state index < -0.39 is 0 Å². The Hall–Kier alpha value is -1.21. The van der Waals surface area contributed by atoms with E-state index in [9.17, 15) is 0 Å². The summed E-state index contributed by atoms with van der Waals surface area (Å²) in [5.41, 5.74) is 7.57. The van der Waals surface area contributed by atoms with Crippen molar-refractivity contribution in [2.75, 3.05) is 5.73 Å². The molecule has 0 amide bonds. The maximum Gasteiger partial charge on any atom is 0.0713 e. The molecule has 0 aliphatic carbocycles. The number of hydrogen-bond donors (Lipinski definition) is 1. The summed E-state index contributed by atoms with van der Waals surface area (Å²) < 4.78 is 0. The molecular weight excluding hydrogens is 182 g/mol. The van der Waals surface area contributed by atoms with Crippen molar-refractivity contribution >= 4 is 28.1 Å². The Morgan fingerprint density at radius 1 is 1.15 bits per heavy atom. The summed E-state index contributed by atoms with van der Waals surface area (Å²) in [6.45, 7) is 2.04. The second-order valence-corrected chi connectivity index (χ2v) is 3.52. The molecule has 0 spiro atoms. The summed E-state index contributed by atoms with van der Waals surface area (Å²) in [5, 5.41) is 2.85. The van der Waals surface area contributed by atoms with Crippen LogP contribution in [0.1, 0.15) is 5.56 Å². The van der Waals surface area contributed by atoms with Gasteiger partial charge in [0.25, 0.3) is 0 Å². The smallest absolute Gasteiger partial charge is 0.0713 e. The second kappa shape index (κ2) is 2.93. The molecule has 0 heterocycles. The van der Waals surface area contributed by atoms with Crippen molar-refractivity contribution in [1.29, 1.82) is 0 Å². The minimum atomic E-state index is 0.651. The largest absolute Gasteiger partial charge is 0.397 e. The number of nitrogens with two attached hydrogens (primary N) is 1. The first kappa shape index (κ1) is 8.39. The van der Waals surface area contributed by atoms with Crippen LogP contribution in [0.2, 0.25) is 5.02 Å². The van der Waals surface area contributed by atoms with Crippen LogP contribution in [0, 0.1) is 6.92 Å². The maximum atomic E-state index is 6.07. The quantitative estimate of drug-likeness (QED) is 0.635. The van der Waals surface area contributed by atoms with E-state index in [0.29, 0.717) is 10.7 Å². The van der Waals surface area contributed by atoms with Crippen LogP contribution in [0.3, 0.4) is 0 Å². The maximum absolute atomic E-state index is 6.07. The molecule has 2 rings (SSSR count). The summed E-state index contributed by atoms with van der Waals surface area (Å²) in [5.74, 6) is 0. The third kappa shape index (κ3) is 1.25. The van der Waals surface area contributed by atoms with E-state index in [2.05, 4.69) is 6.07 Å². The van der Waals surface area contributed by atoms with Gasteiger partial charge in [0.05, 0.1) is 10.7 Å². The second-order valence-electron chi connectivity index (χ2n) is 3.14. The molecule has 0 fully saturated rings. The summed E-state index contributed by atoms with van der Waals surface area (Å²) in [6, 6.07) is 9.91. The number of halogens is 1. The molecule has 66 valence electrons. The number of fused-ring (bicyclic) bond motifs is 1. The molecule has 0 aliphatic rings. The lowest BCUT2D eigenvalue weighted by Crippen LogP contribution is -1.89. The zero-order valence-corrected chi connectivity index (χ0v) is 8.10. The van der Waals surface area contributed by atoms with E-state index in [1.807, 2.05) is 31.2 Å². The minimum Gasteiger partial charge on any atom is -0.397 e. The van der Waals surface area contributed by atoms with Crippen LogP contribution < -0.4 is 5.73 Å². The van der Waals surface area contributed by atoms with Gasteiger partial charge in [-0.3, -0.25) is 0 Å². The fourth-order valence-electron chi connectivity index (χ4n) is 1.55. The molecule has 0 saturated carbocycles. The van der Waals surface area contributed by atoms with Crippen molar-refractivity contribution in [2.45, 2.75) is 6.92 Å². The Labute approximate surface area is 82.1 Å². The molecule has 2 heteroatoms. The normalized spacial score (nSPS) is 10.6. The Kier molecular flexibility index (Phi) is 1.89. The lowest BCUT2D eigenvalue weighted by molar-refractivity contribution is 1.53. The third-order valence-corrected chi connectivity index (χ3v) is 2.64. The summed E-state index contributed by atoms with van der Waals surface area (Å²) in [6.07, 6.45) is 0. The number of hydrogen-bond acceptors (Lipinski definition) is 1. The van der Waals surface area contributed by atoms with Crippen molar-refractivity contribution in [2.24, 2.45) is 0 Å². The van der Waals surface area contributed by atoms with Crippen LogP contribution in [-0.2, 0) is 0 Å². The van der Waals surface area contributed by atoms with Crippen LogP contribution >= 0.6 is 11.6 Å². The van der Waals surface area contributed by atoms with Crippen molar-refractivity contribution in [3.63, 3.8) is 0 Å². The van der Waals surface area contributed by atoms with Gasteiger partial charge in [0.1, 0.15) is 0 Å². The lowest BCUT2D eigenvalue weighted by atomic mass is 10.0. The Balaban J connectivity index is 2.97. The molecule has 0 aliphatic heterocycles. The van der Waals surface area contributed by atoms with Crippen molar-refractivity contribution in [3.8, 4) is 0 Å². The first-order valence-corrected chi connectivity index (χ1v) is 4.51. The van der Waals surface area contributed by atoms with Gasteiger partial charge in [0.15, 0.2) is 0 Å². The number of rotatable bonds is 0. The molecular formula is C11H10ClN. The van der Waals surface area contributed by atoms with Gasteiger partial charge in [-0.05, 0) is 23.9 Å². The van der Waals surface area contributed by atoms with Gasteiger partial charge in [-0.25, -0.2) is 0 Å². The van der Waals surface area contributed by atoms with Gasteiger partial charge in [0, 0.05) is 5.39 Å². The van der Waals surface area contributed by atoms with E-state index in [4.69, 9.17) is 17.3 Å². The average Bonchev–Trinajstić information content (AvgIpc) is 2.15. The van der Waals surface area contributed by atoms with E-state index in [0.717, 1.165) is 10.9 Å². The first-order chi connectivity index (χ1) is 6.20. The van der Waals surface area contributed by atoms with E-state index in [1.165, 1.54) is 5.39 Å². The molecule has 0 bridgehead atoms. The topological polar surface area (TPSA) is 26.0 Å². The summed E-state index contributed by atoms with van der Waals surface area (Å²) >= 11 is 6.07. The van der Waals surface area contributed by atoms with Crippen molar-refractivity contribution in [1.82, 2.24) is 0 Å². The van der Waals surface area contributed by atoms with Crippen LogP contribution in [0.15, 0.2) is 30.3 Å². The van der Waals surface area contributed by atoms with Gasteiger partial charge in [0.2, 0.25) is 0 Å². The van der Waals surface area contributed by atoms with E-state index >= 15 is 0 Å². The van der Waals surface area contributed by atoms with Gasteiger partial charge < -0.3 is 5.73 Å². The Morgan fingerprint density at radius 3 is 2.46 bits per heavy atom. The van der Waals surface area contributed by atoms with Crippen LogP contribution in [0.4, 0.5) is 5.69 Å². The minimum absolute atomic E-state index is 0.651. The van der Waals surface area contributed by atoms with E-state index in [1.54, 1.807) is 0 Å². The van der Waals surface area contributed by atoms with Gasteiger partial charge in [-0.2, -0.15) is 0 Å². The third-order valence-electron chi connectivity index (χ3n) is 2.21. The Bertz CT molecular complexity index is 463. The molecule has 0 saturated heterocycles. The predicted octanol–water partition coefficient (Wildman–Crippen LogP) is 3.38. The monoisotopic (exact) mass is 191 g/mol. The van der Waals surface area contributed by atoms with Gasteiger partial charge >= 0.3 is 0 Å². The number of nitrogen functional groups attached to an aromatic ring is 1. The average molecular weight is 192 g/mol. The zero-order chi connectivity index (χ0) is 9.42. The molecule has 0 aromatic heterocycles. The number of anilines is 1. The highest BCUT2D eigenvalue weighted by Gasteiger charge is 2.04. The van der Waals surface area contributed by atoms with Crippen LogP contribution in [-0.4, -0.2) is 0 Å². The lowest BCUT2D eigenvalue weighted by Gasteiger charge is -2.06. The highest BCUT2D eigenvalue weighted by molar-refractivity contribution is 6.38. The zero-order valence-electron chi connectivity index (χ0n) is 7.34. The van der Waals surface area contributed by atoms with Gasteiger partial charge in [-0.15, -0.1) is 0 Å². The van der Waals surface area contributed by atoms with Crippen LogP contribution in [0.5, 0.6) is 0 Å². The fraction of sp³-hybridized carbons (Fsp3) is 0.0909.